The second-order valence-electron chi connectivity index (χ2n) is 4.29. The quantitative estimate of drug-likeness (QED) is 0.833. The molecule has 3 N–H and O–H groups in total. The predicted octanol–water partition coefficient (Wildman–Crippen LogP) is 3.65. The number of nitrogens with one attached hydrogen (secondary N) is 1. The van der Waals surface area contributed by atoms with Crippen molar-refractivity contribution in [2.45, 2.75) is 26.8 Å². The van der Waals surface area contributed by atoms with Crippen LogP contribution in [0.15, 0.2) is 18.2 Å². The molecule has 2 rings (SSSR count). The number of aromatic nitrogens is 1. The molecule has 0 bridgehead atoms. The van der Waals surface area contributed by atoms with E-state index in [1.54, 1.807) is 23.5 Å². The number of nitrogens with two attached hydrogens (primary N) is 1. The van der Waals surface area contributed by atoms with Crippen LogP contribution < -0.4 is 11.1 Å². The summed E-state index contributed by atoms with van der Waals surface area (Å²) in [7, 11) is 0. The van der Waals surface area contributed by atoms with Crippen LogP contribution in [0, 0.1) is 19.7 Å². The predicted molar refractivity (Wildman–Crippen MR) is 74.4 cm³/mol. The Morgan fingerprint density at radius 3 is 2.67 bits per heavy atom. The van der Waals surface area contributed by atoms with Gasteiger partial charge in [-0.3, -0.25) is 0 Å². The van der Waals surface area contributed by atoms with Gasteiger partial charge in [-0.25, -0.2) is 9.37 Å². The second kappa shape index (κ2) is 4.94. The Bertz CT molecular complexity index is 565. The van der Waals surface area contributed by atoms with Crippen molar-refractivity contribution in [2.24, 2.45) is 0 Å². The maximum absolute atomic E-state index is 13.7. The van der Waals surface area contributed by atoms with E-state index in [1.807, 2.05) is 20.8 Å². The molecule has 5 heteroatoms. The molecule has 0 saturated carbocycles. The van der Waals surface area contributed by atoms with Gasteiger partial charge in [0.25, 0.3) is 0 Å². The largest absolute Gasteiger partial charge is 0.399 e. The van der Waals surface area contributed by atoms with Crippen LogP contribution in [0.5, 0.6) is 0 Å². The number of rotatable bonds is 3. The number of nitrogen functional groups attached to an aromatic ring is 1. The lowest BCUT2D eigenvalue weighted by molar-refractivity contribution is 0.628. The lowest BCUT2D eigenvalue weighted by Gasteiger charge is -2.15. The third-order valence-corrected chi connectivity index (χ3v) is 3.95. The van der Waals surface area contributed by atoms with Gasteiger partial charge in [0, 0.05) is 10.6 Å². The molecule has 2 aromatic rings. The second-order valence-corrected chi connectivity index (χ2v) is 5.52. The van der Waals surface area contributed by atoms with Crippen LogP contribution in [0.2, 0.25) is 0 Å². The zero-order valence-electron chi connectivity index (χ0n) is 10.6. The van der Waals surface area contributed by atoms with Crippen LogP contribution in [0.1, 0.15) is 28.5 Å². The summed E-state index contributed by atoms with van der Waals surface area (Å²) in [5.41, 5.74) is 7.40. The van der Waals surface area contributed by atoms with E-state index in [0.29, 0.717) is 11.4 Å². The average Bonchev–Trinajstić information content (AvgIpc) is 2.62. The van der Waals surface area contributed by atoms with Gasteiger partial charge in [-0.2, -0.15) is 0 Å². The summed E-state index contributed by atoms with van der Waals surface area (Å²) in [6.45, 7) is 5.93. The van der Waals surface area contributed by atoms with Gasteiger partial charge >= 0.3 is 0 Å². The van der Waals surface area contributed by atoms with Crippen molar-refractivity contribution >= 4 is 22.7 Å². The van der Waals surface area contributed by atoms with Gasteiger partial charge < -0.3 is 11.1 Å². The fraction of sp³-hybridized carbons (Fsp3) is 0.308. The number of aryl methyl sites for hydroxylation is 2. The molecule has 0 aliphatic heterocycles. The van der Waals surface area contributed by atoms with Crippen LogP contribution in [-0.2, 0) is 0 Å². The summed E-state index contributed by atoms with van der Waals surface area (Å²) in [5.74, 6) is -0.333. The fourth-order valence-corrected chi connectivity index (χ4v) is 2.83. The normalized spacial score (nSPS) is 12.4. The van der Waals surface area contributed by atoms with Gasteiger partial charge in [0.05, 0.1) is 22.4 Å². The van der Waals surface area contributed by atoms with Gasteiger partial charge in [0.1, 0.15) is 5.82 Å². The molecule has 1 unspecified atom stereocenters. The zero-order valence-corrected chi connectivity index (χ0v) is 11.4. The first kappa shape index (κ1) is 12.8. The van der Waals surface area contributed by atoms with Crippen molar-refractivity contribution in [3.8, 4) is 0 Å². The van der Waals surface area contributed by atoms with Crippen molar-refractivity contribution in [2.75, 3.05) is 11.1 Å². The highest BCUT2D eigenvalue weighted by Gasteiger charge is 2.14. The molecule has 1 aromatic carbocycles. The van der Waals surface area contributed by atoms with E-state index in [1.165, 1.54) is 6.07 Å². The minimum absolute atomic E-state index is 0.0225. The van der Waals surface area contributed by atoms with Crippen molar-refractivity contribution in [3.63, 3.8) is 0 Å². The highest BCUT2D eigenvalue weighted by molar-refractivity contribution is 7.11. The Hall–Kier alpha value is -1.62. The molecular weight excluding hydrogens is 249 g/mol. The molecule has 1 aromatic heterocycles. The molecule has 1 heterocycles. The molecule has 0 aliphatic carbocycles. The summed E-state index contributed by atoms with van der Waals surface area (Å²) in [5, 5.41) is 4.17. The Labute approximate surface area is 110 Å². The van der Waals surface area contributed by atoms with Crippen molar-refractivity contribution in [1.29, 1.82) is 0 Å². The van der Waals surface area contributed by atoms with Gasteiger partial charge in [0.15, 0.2) is 0 Å². The number of hydrogen-bond acceptors (Lipinski definition) is 4. The van der Waals surface area contributed by atoms with Gasteiger partial charge in [-0.05, 0) is 39.0 Å². The van der Waals surface area contributed by atoms with Crippen LogP contribution in [0.3, 0.4) is 0 Å². The summed E-state index contributed by atoms with van der Waals surface area (Å²) >= 11 is 1.63. The standard InChI is InChI=1S/C13H16FN3S/c1-7-13(18-9(3)16-7)8(2)17-12-5-4-10(15)6-11(12)14/h4-6,8,17H,15H2,1-3H3. The lowest BCUT2D eigenvalue weighted by atomic mass is 10.2. The minimum Gasteiger partial charge on any atom is -0.399 e. The molecule has 0 radical (unpaired) electrons. The van der Waals surface area contributed by atoms with Crippen LogP contribution >= 0.6 is 11.3 Å². The first-order valence-corrected chi connectivity index (χ1v) is 6.54. The third-order valence-electron chi connectivity index (χ3n) is 2.70. The first-order valence-electron chi connectivity index (χ1n) is 5.73. The van der Waals surface area contributed by atoms with Gasteiger partial charge in [-0.15, -0.1) is 11.3 Å². The Balaban J connectivity index is 2.21. The van der Waals surface area contributed by atoms with Crippen LogP contribution in [0.4, 0.5) is 15.8 Å². The molecule has 18 heavy (non-hydrogen) atoms. The maximum atomic E-state index is 13.7. The highest BCUT2D eigenvalue weighted by atomic mass is 32.1. The van der Waals surface area contributed by atoms with E-state index in [4.69, 9.17) is 5.73 Å². The maximum Gasteiger partial charge on any atom is 0.148 e. The molecule has 0 aliphatic rings. The fourth-order valence-electron chi connectivity index (χ4n) is 1.90. The number of halogens is 1. The van der Waals surface area contributed by atoms with Crippen LogP contribution in [0.25, 0.3) is 0 Å². The molecule has 0 spiro atoms. The zero-order chi connectivity index (χ0) is 13.3. The SMILES string of the molecule is Cc1nc(C)c(C(C)Nc2ccc(N)cc2F)s1. The smallest absolute Gasteiger partial charge is 0.148 e. The lowest BCUT2D eigenvalue weighted by Crippen LogP contribution is -2.08. The molecule has 3 nitrogen and oxygen atoms in total. The van der Waals surface area contributed by atoms with Crippen molar-refractivity contribution in [1.82, 2.24) is 4.98 Å². The van der Waals surface area contributed by atoms with Gasteiger partial charge in [-0.1, -0.05) is 0 Å². The number of benzene rings is 1. The van der Waals surface area contributed by atoms with E-state index in [0.717, 1.165) is 15.6 Å². The van der Waals surface area contributed by atoms with Crippen molar-refractivity contribution < 1.29 is 4.39 Å². The molecule has 1 atom stereocenters. The summed E-state index contributed by atoms with van der Waals surface area (Å²) < 4.78 is 13.7. The topological polar surface area (TPSA) is 50.9 Å². The van der Waals surface area contributed by atoms with E-state index >= 15 is 0 Å². The third kappa shape index (κ3) is 2.61. The first-order chi connectivity index (χ1) is 8.47. The molecule has 0 amide bonds. The number of thiazole rings is 1. The number of hydrogen-bond donors (Lipinski definition) is 2. The molecular formula is C13H16FN3S. The van der Waals surface area contributed by atoms with Crippen LogP contribution in [-0.4, -0.2) is 4.98 Å². The van der Waals surface area contributed by atoms with E-state index in [2.05, 4.69) is 10.3 Å². The van der Waals surface area contributed by atoms with Crippen molar-refractivity contribution in [3.05, 3.63) is 39.6 Å². The highest BCUT2D eigenvalue weighted by Crippen LogP contribution is 2.28. The number of anilines is 2. The summed E-state index contributed by atoms with van der Waals surface area (Å²) in [6.07, 6.45) is 0. The molecule has 0 fully saturated rings. The summed E-state index contributed by atoms with van der Waals surface area (Å²) in [4.78, 5) is 5.50. The Morgan fingerprint density at radius 2 is 2.11 bits per heavy atom. The van der Waals surface area contributed by atoms with E-state index in [-0.39, 0.29) is 11.9 Å². The van der Waals surface area contributed by atoms with Gasteiger partial charge in [0.2, 0.25) is 0 Å². The molecule has 0 saturated heterocycles. The average molecular weight is 265 g/mol. The Morgan fingerprint density at radius 1 is 1.39 bits per heavy atom. The Kier molecular flexibility index (Phi) is 3.52. The minimum atomic E-state index is -0.333. The van der Waals surface area contributed by atoms with E-state index in [9.17, 15) is 4.39 Å². The molecule has 96 valence electrons. The summed E-state index contributed by atoms with van der Waals surface area (Å²) in [6, 6.07) is 4.68. The monoisotopic (exact) mass is 265 g/mol. The van der Waals surface area contributed by atoms with E-state index < -0.39 is 0 Å². The number of nitrogens with zero attached hydrogens (tertiary/aromatic N) is 1.